The fraction of sp³-hybridized carbons (Fsp3) is 0.150. The van der Waals surface area contributed by atoms with Crippen molar-refractivity contribution in [3.8, 4) is 22.5 Å². The van der Waals surface area contributed by atoms with Crippen LogP contribution < -0.4 is 8.79 Å². The molecular formula is C40H36Ge2IrN2OS-2. The molecule has 0 unspecified atom stereocenters. The molecule has 0 aliphatic carbocycles. The maximum absolute atomic E-state index is 6.23. The van der Waals surface area contributed by atoms with Gasteiger partial charge in [-0.25, -0.2) is 0 Å². The molecule has 237 valence electrons. The molecule has 0 fully saturated rings. The molecule has 0 spiro atoms. The smallest absolute Gasteiger partial charge is 0 e. The monoisotopic (exact) mass is 933 g/mol. The molecular weight excluding hydrogens is 894 g/mol. The van der Waals surface area contributed by atoms with E-state index < -0.39 is 26.5 Å². The Morgan fingerprint density at radius 1 is 0.596 bits per heavy atom. The fourth-order valence-corrected chi connectivity index (χ4v) is 12.1. The summed E-state index contributed by atoms with van der Waals surface area (Å²) in [4.78, 5) is 8.95. The van der Waals surface area contributed by atoms with Crippen molar-refractivity contribution in [1.82, 2.24) is 9.97 Å². The van der Waals surface area contributed by atoms with Gasteiger partial charge in [0.1, 0.15) is 0 Å². The third-order valence-electron chi connectivity index (χ3n) is 8.44. The molecule has 0 saturated carbocycles. The summed E-state index contributed by atoms with van der Waals surface area (Å²) in [5, 5.41) is 4.97. The van der Waals surface area contributed by atoms with Gasteiger partial charge in [0.15, 0.2) is 0 Å². The number of aromatic nitrogens is 2. The molecule has 8 rings (SSSR count). The SMILES string of the molecule is [CH3][Ge]([CH3])([CH3])[c]1ccc2c(c1)oc1c(-c3ccccn3)[c-]ccc12.[CH3][Ge]([CH3])([CH3])[c]1ccc2c(c1)sc1c(-c3ccccn3)[c-]ccc12.[Ir]. The van der Waals surface area contributed by atoms with E-state index in [0.29, 0.717) is 0 Å². The van der Waals surface area contributed by atoms with Gasteiger partial charge < -0.3 is 0 Å². The van der Waals surface area contributed by atoms with Crippen LogP contribution in [0, 0.1) is 12.1 Å². The summed E-state index contributed by atoms with van der Waals surface area (Å²) in [6, 6.07) is 40.6. The summed E-state index contributed by atoms with van der Waals surface area (Å²) in [6.07, 6.45) is 3.65. The second kappa shape index (κ2) is 13.4. The van der Waals surface area contributed by atoms with Gasteiger partial charge in [-0.1, -0.05) is 0 Å². The van der Waals surface area contributed by atoms with Crippen molar-refractivity contribution < 1.29 is 24.5 Å². The molecule has 4 aromatic carbocycles. The van der Waals surface area contributed by atoms with Gasteiger partial charge in [0, 0.05) is 20.1 Å². The summed E-state index contributed by atoms with van der Waals surface area (Å²) in [7, 11) is 0. The van der Waals surface area contributed by atoms with Crippen molar-refractivity contribution in [3.63, 3.8) is 0 Å². The molecule has 4 heterocycles. The Morgan fingerprint density at radius 2 is 1.17 bits per heavy atom. The largest absolute Gasteiger partial charge is 0 e. The molecule has 0 bridgehead atoms. The van der Waals surface area contributed by atoms with E-state index in [2.05, 4.69) is 111 Å². The molecule has 3 nitrogen and oxygen atoms in total. The van der Waals surface area contributed by atoms with Gasteiger partial charge in [0.05, 0.1) is 0 Å². The number of rotatable bonds is 4. The van der Waals surface area contributed by atoms with E-state index in [-0.39, 0.29) is 20.1 Å². The molecule has 4 aromatic heterocycles. The van der Waals surface area contributed by atoms with Crippen LogP contribution in [0.5, 0.6) is 0 Å². The number of thiophene rings is 1. The topological polar surface area (TPSA) is 38.9 Å². The summed E-state index contributed by atoms with van der Waals surface area (Å²) in [5.41, 5.74) is 5.78. The number of fused-ring (bicyclic) bond motifs is 6. The first kappa shape index (κ1) is 33.8. The Hall–Kier alpha value is -3.06. The second-order valence-electron chi connectivity index (χ2n) is 13.7. The van der Waals surface area contributed by atoms with Crippen LogP contribution in [-0.4, -0.2) is 36.5 Å². The number of furan rings is 1. The van der Waals surface area contributed by atoms with E-state index in [1.807, 2.05) is 60.0 Å². The molecule has 1 radical (unpaired) electrons. The van der Waals surface area contributed by atoms with Gasteiger partial charge in [-0.3, -0.25) is 0 Å². The van der Waals surface area contributed by atoms with E-state index in [4.69, 9.17) is 4.42 Å². The normalized spacial score (nSPS) is 11.9. The third-order valence-corrected chi connectivity index (χ3v) is 18.2. The van der Waals surface area contributed by atoms with E-state index in [0.717, 1.165) is 39.1 Å². The number of pyridine rings is 2. The second-order valence-corrected chi connectivity index (χ2v) is 36.1. The average molecular weight is 930 g/mol. The molecule has 0 aliphatic heterocycles. The maximum Gasteiger partial charge on any atom is 0 e. The number of nitrogens with zero attached hydrogens (tertiary/aromatic N) is 2. The molecule has 0 amide bonds. The summed E-state index contributed by atoms with van der Waals surface area (Å²) in [6.45, 7) is 0. The van der Waals surface area contributed by atoms with Crippen molar-refractivity contribution in [2.75, 3.05) is 0 Å². The zero-order valence-corrected chi connectivity index (χ0v) is 34.8. The Balaban J connectivity index is 0.000000161. The van der Waals surface area contributed by atoms with Crippen LogP contribution in [0.15, 0.2) is 114 Å². The zero-order chi connectivity index (χ0) is 32.1. The van der Waals surface area contributed by atoms with Crippen LogP contribution >= 0.6 is 11.3 Å². The molecule has 47 heavy (non-hydrogen) atoms. The maximum atomic E-state index is 6.23. The van der Waals surface area contributed by atoms with Gasteiger partial charge in [-0.15, -0.1) is 0 Å². The minimum atomic E-state index is -1.87. The van der Waals surface area contributed by atoms with Crippen LogP contribution in [0.4, 0.5) is 0 Å². The van der Waals surface area contributed by atoms with E-state index in [1.165, 1.54) is 30.0 Å². The fourth-order valence-electron chi connectivity index (χ4n) is 5.82. The molecule has 0 saturated heterocycles. The minimum Gasteiger partial charge on any atom is 0 e. The molecule has 7 heteroatoms. The molecule has 8 aromatic rings. The standard InChI is InChI=1S/C20H18GeNO.C20H18GeNS.Ir/c2*1-21(2,3)14-10-11-15-16-7-6-8-17(18-9-4-5-12-22-18)20(16)23-19(15)13-14;/h2*4-7,9-13H,1-3H3;/q2*-1;. The summed E-state index contributed by atoms with van der Waals surface area (Å²) >= 11 is -1.80. The van der Waals surface area contributed by atoms with Crippen LogP contribution in [0.1, 0.15) is 0 Å². The summed E-state index contributed by atoms with van der Waals surface area (Å²) in [5.74, 6) is 14.5. The first-order valence-electron chi connectivity index (χ1n) is 15.7. The van der Waals surface area contributed by atoms with Crippen LogP contribution in [0.2, 0.25) is 34.5 Å². The van der Waals surface area contributed by atoms with Gasteiger partial charge in [-0.05, 0) is 0 Å². The Bertz CT molecular complexity index is 2170. The first-order valence-corrected chi connectivity index (χ1v) is 31.2. The van der Waals surface area contributed by atoms with Crippen molar-refractivity contribution in [2.24, 2.45) is 0 Å². The number of hydrogen-bond donors (Lipinski definition) is 0. The Morgan fingerprint density at radius 3 is 1.79 bits per heavy atom. The molecule has 0 aliphatic rings. The average Bonchev–Trinajstić information content (AvgIpc) is 3.63. The van der Waals surface area contributed by atoms with Gasteiger partial charge >= 0.3 is 282 Å². The van der Waals surface area contributed by atoms with Crippen LogP contribution in [0.3, 0.4) is 0 Å². The van der Waals surface area contributed by atoms with Gasteiger partial charge in [0.25, 0.3) is 0 Å². The Kier molecular flexibility index (Phi) is 9.68. The molecule has 0 N–H and O–H groups in total. The number of benzene rings is 4. The number of hydrogen-bond acceptors (Lipinski definition) is 4. The van der Waals surface area contributed by atoms with Gasteiger partial charge in [-0.2, -0.15) is 0 Å². The molecule has 0 atom stereocenters. The summed E-state index contributed by atoms with van der Waals surface area (Å²) < 4.78 is 11.9. The van der Waals surface area contributed by atoms with Crippen molar-refractivity contribution >= 4 is 88.8 Å². The predicted octanol–water partition coefficient (Wildman–Crippen LogP) is 10.5. The van der Waals surface area contributed by atoms with Crippen LogP contribution in [0.25, 0.3) is 64.6 Å². The van der Waals surface area contributed by atoms with Crippen molar-refractivity contribution in [2.45, 2.75) is 34.5 Å². The van der Waals surface area contributed by atoms with Gasteiger partial charge in [0.2, 0.25) is 0 Å². The zero-order valence-electron chi connectivity index (χ0n) is 27.4. The van der Waals surface area contributed by atoms with E-state index >= 15 is 0 Å². The van der Waals surface area contributed by atoms with E-state index in [1.54, 1.807) is 10.6 Å². The Labute approximate surface area is 299 Å². The predicted molar refractivity (Wildman–Crippen MR) is 203 cm³/mol. The third kappa shape index (κ3) is 6.79. The van der Waals surface area contributed by atoms with E-state index in [9.17, 15) is 0 Å². The first-order chi connectivity index (χ1) is 22.1. The van der Waals surface area contributed by atoms with Crippen molar-refractivity contribution in [3.05, 3.63) is 122 Å². The minimum absolute atomic E-state index is 0. The van der Waals surface area contributed by atoms with Crippen LogP contribution in [-0.2, 0) is 20.1 Å². The quantitative estimate of drug-likeness (QED) is 0.130. The van der Waals surface area contributed by atoms with Crippen molar-refractivity contribution in [1.29, 1.82) is 0 Å².